The van der Waals surface area contributed by atoms with E-state index in [9.17, 15) is 4.79 Å². The molecule has 78 valence electrons. The second-order valence-electron chi connectivity index (χ2n) is 2.87. The third-order valence-corrected chi connectivity index (χ3v) is 2.15. The normalized spacial score (nSPS) is 10.1. The van der Waals surface area contributed by atoms with Crippen molar-refractivity contribution < 1.29 is 9.32 Å². The molecule has 0 N–H and O–H groups in total. The van der Waals surface area contributed by atoms with Crippen molar-refractivity contribution in [1.29, 1.82) is 0 Å². The molecule has 0 bridgehead atoms. The van der Waals surface area contributed by atoms with Gasteiger partial charge in [0.2, 0.25) is 0 Å². The first-order chi connectivity index (χ1) is 6.79. The minimum absolute atomic E-state index is 0.0694. The molecule has 0 aliphatic heterocycles. The van der Waals surface area contributed by atoms with Gasteiger partial charge in [0.15, 0.2) is 5.69 Å². The van der Waals surface area contributed by atoms with Crippen molar-refractivity contribution in [3.8, 4) is 0 Å². The predicted octanol–water partition coefficient (Wildman–Crippen LogP) is 1.92. The molecular formula is C9H13BrN2O2. The van der Waals surface area contributed by atoms with Gasteiger partial charge in [-0.15, -0.1) is 0 Å². The second kappa shape index (κ2) is 5.80. The zero-order valence-corrected chi connectivity index (χ0v) is 9.66. The fraction of sp³-hybridized carbons (Fsp3) is 0.556. The van der Waals surface area contributed by atoms with Crippen LogP contribution in [0.5, 0.6) is 0 Å². The Morgan fingerprint density at radius 3 is 2.93 bits per heavy atom. The van der Waals surface area contributed by atoms with Gasteiger partial charge in [-0.25, -0.2) is 0 Å². The van der Waals surface area contributed by atoms with Gasteiger partial charge in [-0.3, -0.25) is 4.79 Å². The summed E-state index contributed by atoms with van der Waals surface area (Å²) in [6.45, 7) is 3.48. The molecule has 0 unspecified atom stereocenters. The van der Waals surface area contributed by atoms with E-state index in [1.165, 1.54) is 6.26 Å². The molecular weight excluding hydrogens is 248 g/mol. The molecule has 1 aromatic heterocycles. The Morgan fingerprint density at radius 1 is 1.64 bits per heavy atom. The number of amides is 1. The van der Waals surface area contributed by atoms with Crippen LogP contribution in [0.15, 0.2) is 16.9 Å². The highest BCUT2D eigenvalue weighted by Crippen LogP contribution is 2.03. The Bertz CT molecular complexity index is 268. The maximum atomic E-state index is 11.8. The van der Waals surface area contributed by atoms with E-state index in [2.05, 4.69) is 25.6 Å². The van der Waals surface area contributed by atoms with Crippen LogP contribution in [-0.4, -0.2) is 34.4 Å². The fourth-order valence-electron chi connectivity index (χ4n) is 1.17. The zero-order chi connectivity index (χ0) is 10.4. The molecule has 0 saturated carbocycles. The van der Waals surface area contributed by atoms with Crippen molar-refractivity contribution in [2.24, 2.45) is 0 Å². The number of rotatable bonds is 5. The van der Waals surface area contributed by atoms with Crippen LogP contribution in [0.3, 0.4) is 0 Å². The third kappa shape index (κ3) is 2.83. The highest BCUT2D eigenvalue weighted by atomic mass is 79.9. The lowest BCUT2D eigenvalue weighted by molar-refractivity contribution is 0.0756. The second-order valence-corrected chi connectivity index (χ2v) is 3.66. The van der Waals surface area contributed by atoms with E-state index >= 15 is 0 Å². The Hall–Kier alpha value is -0.840. The lowest BCUT2D eigenvalue weighted by Crippen LogP contribution is -2.33. The number of carbonyl (C=O) groups excluding carboxylic acids is 1. The maximum Gasteiger partial charge on any atom is 0.276 e. The first-order valence-corrected chi connectivity index (χ1v) is 5.67. The van der Waals surface area contributed by atoms with Crippen molar-refractivity contribution >= 4 is 21.8 Å². The lowest BCUT2D eigenvalue weighted by Gasteiger charge is -2.19. The molecule has 0 aliphatic carbocycles. The Kier molecular flexibility index (Phi) is 4.65. The number of hydrogen-bond donors (Lipinski definition) is 0. The van der Waals surface area contributed by atoms with Gasteiger partial charge >= 0.3 is 0 Å². The smallest absolute Gasteiger partial charge is 0.276 e. The largest absolute Gasteiger partial charge is 0.364 e. The van der Waals surface area contributed by atoms with Gasteiger partial charge < -0.3 is 9.42 Å². The minimum atomic E-state index is -0.0694. The summed E-state index contributed by atoms with van der Waals surface area (Å²) < 4.78 is 4.63. The van der Waals surface area contributed by atoms with Gasteiger partial charge in [-0.05, 0) is 6.42 Å². The molecule has 0 radical (unpaired) electrons. The number of alkyl halides is 1. The summed E-state index contributed by atoms with van der Waals surface area (Å²) in [7, 11) is 0. The summed E-state index contributed by atoms with van der Waals surface area (Å²) >= 11 is 3.31. The molecule has 4 nitrogen and oxygen atoms in total. The van der Waals surface area contributed by atoms with E-state index in [4.69, 9.17) is 0 Å². The molecule has 1 aromatic rings. The Labute approximate surface area is 91.4 Å². The van der Waals surface area contributed by atoms with Crippen LogP contribution >= 0.6 is 15.9 Å². The average molecular weight is 261 g/mol. The summed E-state index contributed by atoms with van der Waals surface area (Å²) in [6, 6.07) is 1.58. The van der Waals surface area contributed by atoms with Gasteiger partial charge in [-0.1, -0.05) is 28.0 Å². The molecule has 0 spiro atoms. The van der Waals surface area contributed by atoms with Crippen molar-refractivity contribution in [3.63, 3.8) is 0 Å². The number of aromatic nitrogens is 1. The van der Waals surface area contributed by atoms with Crippen LogP contribution in [0.25, 0.3) is 0 Å². The third-order valence-electron chi connectivity index (χ3n) is 1.79. The van der Waals surface area contributed by atoms with Crippen molar-refractivity contribution in [3.05, 3.63) is 18.0 Å². The lowest BCUT2D eigenvalue weighted by atomic mass is 10.3. The standard InChI is InChI=1S/C9H13BrN2O2/c1-2-5-12(6-4-10)9(13)8-3-7-14-11-8/h3,7H,2,4-6H2,1H3. The van der Waals surface area contributed by atoms with E-state index in [0.29, 0.717) is 12.2 Å². The van der Waals surface area contributed by atoms with Crippen LogP contribution in [0.2, 0.25) is 0 Å². The highest BCUT2D eigenvalue weighted by Gasteiger charge is 2.16. The van der Waals surface area contributed by atoms with E-state index in [1.807, 2.05) is 6.92 Å². The Morgan fingerprint density at radius 2 is 2.43 bits per heavy atom. The molecule has 5 heteroatoms. The molecule has 14 heavy (non-hydrogen) atoms. The zero-order valence-electron chi connectivity index (χ0n) is 8.07. The van der Waals surface area contributed by atoms with Gasteiger partial charge in [-0.2, -0.15) is 0 Å². The van der Waals surface area contributed by atoms with Gasteiger partial charge in [0.1, 0.15) is 6.26 Å². The first-order valence-electron chi connectivity index (χ1n) is 4.55. The molecule has 0 aliphatic rings. The molecule has 0 fully saturated rings. The monoisotopic (exact) mass is 260 g/mol. The summed E-state index contributed by atoms with van der Waals surface area (Å²) in [5.74, 6) is -0.0694. The van der Waals surface area contributed by atoms with E-state index < -0.39 is 0 Å². The first kappa shape index (κ1) is 11.2. The van der Waals surface area contributed by atoms with Crippen LogP contribution in [0, 0.1) is 0 Å². The topological polar surface area (TPSA) is 46.3 Å². The van der Waals surface area contributed by atoms with E-state index in [1.54, 1.807) is 11.0 Å². The summed E-state index contributed by atoms with van der Waals surface area (Å²) in [5, 5.41) is 4.39. The maximum absolute atomic E-state index is 11.8. The quantitative estimate of drug-likeness (QED) is 0.761. The molecule has 1 rings (SSSR count). The van der Waals surface area contributed by atoms with Gasteiger partial charge in [0.25, 0.3) is 5.91 Å². The van der Waals surface area contributed by atoms with Crippen LogP contribution < -0.4 is 0 Å². The summed E-state index contributed by atoms with van der Waals surface area (Å²) in [6.07, 6.45) is 2.35. The van der Waals surface area contributed by atoms with Gasteiger partial charge in [0, 0.05) is 24.5 Å². The Balaban J connectivity index is 2.63. The molecule has 1 amide bonds. The van der Waals surface area contributed by atoms with Crippen molar-refractivity contribution in [2.45, 2.75) is 13.3 Å². The number of halogens is 1. The SMILES string of the molecule is CCCN(CCBr)C(=O)c1ccon1. The van der Waals surface area contributed by atoms with E-state index in [-0.39, 0.29) is 5.91 Å². The van der Waals surface area contributed by atoms with Crippen molar-refractivity contribution in [2.75, 3.05) is 18.4 Å². The number of carbonyl (C=O) groups is 1. The summed E-state index contributed by atoms with van der Waals surface area (Å²) in [5.41, 5.74) is 0.374. The molecule has 0 atom stereocenters. The molecule has 0 saturated heterocycles. The molecule has 1 heterocycles. The molecule has 0 aromatic carbocycles. The van der Waals surface area contributed by atoms with Crippen LogP contribution in [0.4, 0.5) is 0 Å². The number of nitrogens with zero attached hydrogens (tertiary/aromatic N) is 2. The number of hydrogen-bond acceptors (Lipinski definition) is 3. The van der Waals surface area contributed by atoms with Crippen molar-refractivity contribution in [1.82, 2.24) is 10.1 Å². The fourth-order valence-corrected chi connectivity index (χ4v) is 1.60. The predicted molar refractivity (Wildman–Crippen MR) is 56.5 cm³/mol. The van der Waals surface area contributed by atoms with Crippen LogP contribution in [-0.2, 0) is 0 Å². The highest BCUT2D eigenvalue weighted by molar-refractivity contribution is 9.09. The summed E-state index contributed by atoms with van der Waals surface area (Å²) in [4.78, 5) is 13.5. The average Bonchev–Trinajstić information content (AvgIpc) is 2.69. The minimum Gasteiger partial charge on any atom is -0.364 e. The van der Waals surface area contributed by atoms with Gasteiger partial charge in [0.05, 0.1) is 0 Å². The van der Waals surface area contributed by atoms with E-state index in [0.717, 1.165) is 18.3 Å². The van der Waals surface area contributed by atoms with Crippen LogP contribution in [0.1, 0.15) is 23.8 Å².